The van der Waals surface area contributed by atoms with Crippen LogP contribution in [0.5, 0.6) is 0 Å². The van der Waals surface area contributed by atoms with E-state index in [-0.39, 0.29) is 41.2 Å². The molecule has 1 aliphatic carbocycles. The molecule has 0 radical (unpaired) electrons. The molecule has 1 saturated heterocycles. The van der Waals surface area contributed by atoms with E-state index < -0.39 is 21.5 Å². The zero-order valence-corrected chi connectivity index (χ0v) is 19.1. The Bertz CT molecular complexity index is 1350. The van der Waals surface area contributed by atoms with E-state index in [1.807, 2.05) is 0 Å². The second kappa shape index (κ2) is 8.99. The first-order valence-electron chi connectivity index (χ1n) is 11.2. The lowest BCUT2D eigenvalue weighted by atomic mass is 9.96. The van der Waals surface area contributed by atoms with Gasteiger partial charge in [-0.3, -0.25) is 4.57 Å². The Morgan fingerprint density at radius 1 is 1.09 bits per heavy atom. The molecule has 12 heteroatoms. The Balaban J connectivity index is 1.55. The number of hydrogen-bond donors (Lipinski definition) is 2. The number of aliphatic hydroxyl groups is 1. The first kappa shape index (κ1) is 22.8. The number of sulfone groups is 1. The fourth-order valence-corrected chi connectivity index (χ4v) is 5.87. The number of imidazole rings is 1. The van der Waals surface area contributed by atoms with E-state index in [2.05, 4.69) is 25.3 Å². The maximum atomic E-state index is 14.3. The zero-order valence-electron chi connectivity index (χ0n) is 18.3. The van der Waals surface area contributed by atoms with Gasteiger partial charge in [0.25, 0.3) is 5.95 Å². The van der Waals surface area contributed by atoms with Gasteiger partial charge in [0.05, 0.1) is 29.5 Å². The van der Waals surface area contributed by atoms with Gasteiger partial charge in [-0.2, -0.15) is 4.98 Å². The number of aliphatic hydroxyl groups excluding tert-OH is 1. The molecule has 0 spiro atoms. The van der Waals surface area contributed by atoms with Gasteiger partial charge in [-0.15, -0.1) is 0 Å². The molecule has 5 rings (SSSR count). The second-order valence-electron chi connectivity index (χ2n) is 8.73. The molecule has 3 aromatic rings. The Hall–Kier alpha value is -2.99. The van der Waals surface area contributed by atoms with E-state index in [9.17, 15) is 22.3 Å². The van der Waals surface area contributed by atoms with E-state index in [1.165, 1.54) is 12.3 Å². The van der Waals surface area contributed by atoms with Crippen LogP contribution in [0.3, 0.4) is 0 Å². The minimum absolute atomic E-state index is 0.0320. The molecule has 1 aliphatic heterocycles. The van der Waals surface area contributed by atoms with Gasteiger partial charge in [0, 0.05) is 17.8 Å². The predicted octanol–water partition coefficient (Wildman–Crippen LogP) is 3.61. The van der Waals surface area contributed by atoms with Crippen molar-refractivity contribution < 1.29 is 22.3 Å². The average molecular weight is 491 g/mol. The molecule has 9 nitrogen and oxygen atoms in total. The van der Waals surface area contributed by atoms with E-state index >= 15 is 0 Å². The van der Waals surface area contributed by atoms with Crippen molar-refractivity contribution in [1.29, 1.82) is 0 Å². The lowest BCUT2D eigenvalue weighted by molar-refractivity contribution is 0.152. The molecular formula is C22H24F2N6O3S. The van der Waals surface area contributed by atoms with Crippen LogP contribution in [-0.2, 0) is 9.84 Å². The highest BCUT2D eigenvalue weighted by Gasteiger charge is 2.29. The maximum absolute atomic E-state index is 14.3. The summed E-state index contributed by atoms with van der Waals surface area (Å²) in [6.07, 6.45) is 4.56. The smallest absolute Gasteiger partial charge is 0.251 e. The first-order valence-corrected chi connectivity index (χ1v) is 13.0. The molecule has 180 valence electrons. The number of nitrogens with zero attached hydrogens (tertiary/aromatic N) is 5. The second-order valence-corrected chi connectivity index (χ2v) is 11.0. The van der Waals surface area contributed by atoms with E-state index in [0.29, 0.717) is 49.7 Å². The summed E-state index contributed by atoms with van der Waals surface area (Å²) in [5.74, 6) is -0.886. The summed E-state index contributed by atoms with van der Waals surface area (Å²) < 4.78 is 53.5. The third kappa shape index (κ3) is 4.78. The Morgan fingerprint density at radius 3 is 2.53 bits per heavy atom. The molecule has 0 amide bonds. The minimum Gasteiger partial charge on any atom is -0.393 e. The molecule has 34 heavy (non-hydrogen) atoms. The number of benzene rings is 1. The van der Waals surface area contributed by atoms with Gasteiger partial charge in [0.15, 0.2) is 5.65 Å². The van der Waals surface area contributed by atoms with E-state index in [1.54, 1.807) is 4.57 Å². The first-order chi connectivity index (χ1) is 16.3. The van der Waals surface area contributed by atoms with Crippen molar-refractivity contribution in [2.45, 2.75) is 50.7 Å². The molecule has 0 bridgehead atoms. The van der Waals surface area contributed by atoms with E-state index in [0.717, 1.165) is 17.8 Å². The molecule has 0 atom stereocenters. The summed E-state index contributed by atoms with van der Waals surface area (Å²) in [6.45, 7) is 0. The fourth-order valence-electron chi connectivity index (χ4n) is 4.41. The van der Waals surface area contributed by atoms with Gasteiger partial charge >= 0.3 is 0 Å². The Morgan fingerprint density at radius 2 is 1.82 bits per heavy atom. The highest BCUT2D eigenvalue weighted by atomic mass is 32.2. The number of anilines is 2. The molecule has 2 aromatic heterocycles. The standard InChI is InChI=1S/C22H24F2N6O3S/c23-13-1-6-18(17(24)11-13)27-22-28-19-12-25-21(26-14-2-4-16(31)5-3-14)29-20(19)30(22)15-7-9-34(32,33)10-8-15/h1,6,11-12,15-16,31H,2-5,7-10H2,(H,27,28). The normalized spacial score (nSPS) is 21.0. The summed E-state index contributed by atoms with van der Waals surface area (Å²) in [4.78, 5) is 18.0. The molecule has 3 heterocycles. The molecule has 0 unspecified atom stereocenters. The lowest BCUT2D eigenvalue weighted by Gasteiger charge is -2.25. The Labute approximate surface area is 194 Å². The van der Waals surface area contributed by atoms with Gasteiger partial charge in [-0.1, -0.05) is 0 Å². The molecule has 2 aliphatic rings. The number of aromatic nitrogens is 4. The van der Waals surface area contributed by atoms with Crippen LogP contribution in [0.15, 0.2) is 29.4 Å². The van der Waals surface area contributed by atoms with Gasteiger partial charge in [0.1, 0.15) is 27.0 Å². The van der Waals surface area contributed by atoms with Crippen molar-refractivity contribution in [2.24, 2.45) is 4.99 Å². The molecule has 2 N–H and O–H groups in total. The molecule has 1 saturated carbocycles. The number of fused-ring (bicyclic) bond motifs is 1. The largest absolute Gasteiger partial charge is 0.393 e. The topological polar surface area (TPSA) is 122 Å². The average Bonchev–Trinajstić information content (AvgIpc) is 3.14. The third-order valence-electron chi connectivity index (χ3n) is 6.28. The van der Waals surface area contributed by atoms with Crippen molar-refractivity contribution in [1.82, 2.24) is 19.5 Å². The Kier molecular flexibility index (Phi) is 6.02. The van der Waals surface area contributed by atoms with Crippen molar-refractivity contribution in [3.05, 3.63) is 36.0 Å². The highest BCUT2D eigenvalue weighted by Crippen LogP contribution is 2.33. The predicted molar refractivity (Wildman–Crippen MR) is 123 cm³/mol. The van der Waals surface area contributed by atoms with Crippen LogP contribution in [-0.4, -0.2) is 56.4 Å². The number of hydrogen-bond acceptors (Lipinski definition) is 8. The number of nitrogens with one attached hydrogen (secondary N) is 1. The van der Waals surface area contributed by atoms with Crippen LogP contribution >= 0.6 is 0 Å². The SMILES string of the molecule is O=S1(=O)CCC(n2c(Nc3ccc(F)cc3F)nc3cnc(N=C4CCC(O)CC4)nc32)CC1. The van der Waals surface area contributed by atoms with Crippen molar-refractivity contribution in [3.63, 3.8) is 0 Å². The van der Waals surface area contributed by atoms with Crippen LogP contribution in [0, 0.1) is 11.6 Å². The lowest BCUT2D eigenvalue weighted by Crippen LogP contribution is -2.26. The molecule has 1 aromatic carbocycles. The van der Waals surface area contributed by atoms with Crippen LogP contribution in [0.4, 0.5) is 26.4 Å². The van der Waals surface area contributed by atoms with Gasteiger partial charge in [-0.05, 0) is 50.7 Å². The molecular weight excluding hydrogens is 466 g/mol. The highest BCUT2D eigenvalue weighted by molar-refractivity contribution is 7.91. The van der Waals surface area contributed by atoms with E-state index in [4.69, 9.17) is 0 Å². The number of rotatable bonds is 4. The monoisotopic (exact) mass is 490 g/mol. The summed E-state index contributed by atoms with van der Waals surface area (Å²) >= 11 is 0. The van der Waals surface area contributed by atoms with Crippen molar-refractivity contribution in [3.8, 4) is 0 Å². The van der Waals surface area contributed by atoms with Crippen LogP contribution in [0.1, 0.15) is 44.6 Å². The summed E-state index contributed by atoms with van der Waals surface area (Å²) in [6, 6.07) is 2.96. The summed E-state index contributed by atoms with van der Waals surface area (Å²) in [5.41, 5.74) is 1.85. The van der Waals surface area contributed by atoms with Gasteiger partial charge < -0.3 is 10.4 Å². The van der Waals surface area contributed by atoms with Crippen LogP contribution < -0.4 is 5.32 Å². The quantitative estimate of drug-likeness (QED) is 0.573. The molecule has 2 fully saturated rings. The van der Waals surface area contributed by atoms with Crippen LogP contribution in [0.25, 0.3) is 11.2 Å². The number of halogens is 2. The third-order valence-corrected chi connectivity index (χ3v) is 7.99. The van der Waals surface area contributed by atoms with Crippen molar-refractivity contribution >= 4 is 44.3 Å². The zero-order chi connectivity index (χ0) is 23.9. The van der Waals surface area contributed by atoms with Gasteiger partial charge in [0.2, 0.25) is 5.95 Å². The van der Waals surface area contributed by atoms with Crippen molar-refractivity contribution in [2.75, 3.05) is 16.8 Å². The summed E-state index contributed by atoms with van der Waals surface area (Å²) in [5, 5.41) is 12.6. The minimum atomic E-state index is -3.11. The summed E-state index contributed by atoms with van der Waals surface area (Å²) in [7, 11) is -3.11. The maximum Gasteiger partial charge on any atom is 0.251 e. The van der Waals surface area contributed by atoms with Crippen LogP contribution in [0.2, 0.25) is 0 Å². The fraction of sp³-hybridized carbons (Fsp3) is 0.455. The number of aliphatic imine (C=N–C) groups is 1. The van der Waals surface area contributed by atoms with Gasteiger partial charge in [-0.25, -0.2) is 32.2 Å².